The average Bonchev–Trinajstić information content (AvgIpc) is 2.68. The van der Waals surface area contributed by atoms with Gasteiger partial charge < -0.3 is 4.74 Å². The Kier molecular flexibility index (Phi) is 4.02. The molecule has 1 aromatic carbocycles. The number of aryl methyl sites for hydroxylation is 1. The number of methoxy groups -OCH3 is 1. The van der Waals surface area contributed by atoms with E-state index < -0.39 is 9.84 Å². The molecule has 1 aliphatic rings. The normalized spacial score (nSPS) is 23.8. The Morgan fingerprint density at radius 2 is 2.17 bits per heavy atom. The first-order valence-corrected chi connectivity index (χ1v) is 8.65. The minimum Gasteiger partial charge on any atom is -0.496 e. The molecule has 5 heteroatoms. The van der Waals surface area contributed by atoms with E-state index in [4.69, 9.17) is 4.74 Å². The Labute approximate surface area is 117 Å². The summed E-state index contributed by atoms with van der Waals surface area (Å²) in [6, 6.07) is 5.99. The topological polar surface area (TPSA) is 43.4 Å². The van der Waals surface area contributed by atoms with Gasteiger partial charge in [-0.3, -0.25) is 0 Å². The summed E-state index contributed by atoms with van der Waals surface area (Å²) in [5, 5.41) is 0. The van der Waals surface area contributed by atoms with Gasteiger partial charge in [-0.05, 0) is 36.5 Å². The summed E-state index contributed by atoms with van der Waals surface area (Å²) in [5.74, 6) is 1.63. The molecule has 0 aromatic heterocycles. The summed E-state index contributed by atoms with van der Waals surface area (Å²) >= 11 is 3.64. The lowest BCUT2D eigenvalue weighted by atomic mass is 9.97. The number of sulfone groups is 1. The molecule has 0 N–H and O–H groups in total. The average molecular weight is 333 g/mol. The van der Waals surface area contributed by atoms with Gasteiger partial charge in [0.1, 0.15) is 5.75 Å². The molecule has 0 aliphatic carbocycles. The number of hydrogen-bond acceptors (Lipinski definition) is 3. The summed E-state index contributed by atoms with van der Waals surface area (Å²) in [7, 11) is -1.18. The molecular weight excluding hydrogens is 316 g/mol. The van der Waals surface area contributed by atoms with E-state index in [1.54, 1.807) is 7.11 Å². The van der Waals surface area contributed by atoms with Crippen LogP contribution in [0.1, 0.15) is 22.4 Å². The number of hydrogen-bond donors (Lipinski definition) is 0. The smallest absolute Gasteiger partial charge is 0.150 e. The highest BCUT2D eigenvalue weighted by atomic mass is 79.9. The first kappa shape index (κ1) is 13.9. The zero-order chi connectivity index (χ0) is 13.3. The molecule has 3 nitrogen and oxygen atoms in total. The first-order chi connectivity index (χ1) is 8.43. The molecule has 1 aliphatic heterocycles. The fraction of sp³-hybridized carbons (Fsp3) is 0.538. The molecule has 0 bridgehead atoms. The highest BCUT2D eigenvalue weighted by molar-refractivity contribution is 9.09. The van der Waals surface area contributed by atoms with E-state index in [-0.39, 0.29) is 16.5 Å². The minimum absolute atomic E-state index is 0.0966. The summed E-state index contributed by atoms with van der Waals surface area (Å²) in [4.78, 5) is 0.0966. The van der Waals surface area contributed by atoms with Gasteiger partial charge in [0.25, 0.3) is 0 Å². The van der Waals surface area contributed by atoms with Crippen LogP contribution in [0.25, 0.3) is 0 Å². The van der Waals surface area contributed by atoms with Crippen LogP contribution < -0.4 is 4.74 Å². The van der Waals surface area contributed by atoms with Crippen LogP contribution >= 0.6 is 15.9 Å². The number of halogens is 1. The predicted molar refractivity (Wildman–Crippen MR) is 76.2 cm³/mol. The molecule has 1 aromatic rings. The Morgan fingerprint density at radius 3 is 2.67 bits per heavy atom. The highest BCUT2D eigenvalue weighted by Gasteiger charge is 2.33. The molecule has 1 saturated heterocycles. The van der Waals surface area contributed by atoms with Crippen molar-refractivity contribution >= 4 is 25.8 Å². The van der Waals surface area contributed by atoms with Crippen LogP contribution in [-0.4, -0.2) is 27.0 Å². The first-order valence-electron chi connectivity index (χ1n) is 5.92. The summed E-state index contributed by atoms with van der Waals surface area (Å²) in [5.41, 5.74) is 2.19. The number of benzene rings is 1. The molecule has 100 valence electrons. The summed E-state index contributed by atoms with van der Waals surface area (Å²) < 4.78 is 28.2. The SMILES string of the molecule is COc1ccc(C(Br)C2CCS(=O)(=O)C2)cc1C. The molecule has 2 atom stereocenters. The zero-order valence-corrected chi connectivity index (χ0v) is 12.9. The lowest BCUT2D eigenvalue weighted by Crippen LogP contribution is -2.10. The van der Waals surface area contributed by atoms with Gasteiger partial charge in [0.15, 0.2) is 9.84 Å². The third-order valence-electron chi connectivity index (χ3n) is 3.42. The lowest BCUT2D eigenvalue weighted by molar-refractivity contribution is 0.411. The fourth-order valence-corrected chi connectivity index (χ4v) is 5.22. The van der Waals surface area contributed by atoms with E-state index in [1.165, 1.54) is 0 Å². The standard InChI is InChI=1S/C13H17BrO3S/c1-9-7-10(3-4-12(9)17-2)13(14)11-5-6-18(15,16)8-11/h3-4,7,11,13H,5-6,8H2,1-2H3. The van der Waals surface area contributed by atoms with Crippen LogP contribution in [0.2, 0.25) is 0 Å². The van der Waals surface area contributed by atoms with Crippen molar-refractivity contribution in [2.75, 3.05) is 18.6 Å². The van der Waals surface area contributed by atoms with Gasteiger partial charge in [-0.15, -0.1) is 0 Å². The molecule has 0 amide bonds. The van der Waals surface area contributed by atoms with Crippen LogP contribution in [0.5, 0.6) is 5.75 Å². The van der Waals surface area contributed by atoms with Crippen LogP contribution in [0, 0.1) is 12.8 Å². The second kappa shape index (κ2) is 5.21. The number of rotatable bonds is 3. The molecule has 1 fully saturated rings. The van der Waals surface area contributed by atoms with Gasteiger partial charge in [-0.2, -0.15) is 0 Å². The Hall–Kier alpha value is -0.550. The van der Waals surface area contributed by atoms with Crippen molar-refractivity contribution in [3.05, 3.63) is 29.3 Å². The van der Waals surface area contributed by atoms with Crippen LogP contribution in [0.4, 0.5) is 0 Å². The summed E-state index contributed by atoms with van der Waals surface area (Å²) in [6.07, 6.45) is 0.739. The molecular formula is C13H17BrO3S. The van der Waals surface area contributed by atoms with E-state index in [1.807, 2.05) is 19.1 Å². The predicted octanol–water partition coefficient (Wildman–Crippen LogP) is 2.87. The third-order valence-corrected chi connectivity index (χ3v) is 6.49. The molecule has 1 heterocycles. The molecule has 0 saturated carbocycles. The zero-order valence-electron chi connectivity index (χ0n) is 10.5. The highest BCUT2D eigenvalue weighted by Crippen LogP contribution is 2.38. The van der Waals surface area contributed by atoms with Gasteiger partial charge in [-0.1, -0.05) is 28.1 Å². The van der Waals surface area contributed by atoms with E-state index in [0.717, 1.165) is 23.3 Å². The van der Waals surface area contributed by atoms with Crippen molar-refractivity contribution in [1.29, 1.82) is 0 Å². The van der Waals surface area contributed by atoms with Crippen molar-refractivity contribution in [3.63, 3.8) is 0 Å². The monoisotopic (exact) mass is 332 g/mol. The van der Waals surface area contributed by atoms with Gasteiger partial charge in [0.05, 0.1) is 18.6 Å². The van der Waals surface area contributed by atoms with Crippen molar-refractivity contribution in [3.8, 4) is 5.75 Å². The second-order valence-electron chi connectivity index (χ2n) is 4.79. The maximum absolute atomic E-state index is 11.5. The molecule has 0 spiro atoms. The Morgan fingerprint density at radius 1 is 1.44 bits per heavy atom. The lowest BCUT2D eigenvalue weighted by Gasteiger charge is -2.17. The molecule has 2 rings (SSSR count). The van der Waals surface area contributed by atoms with Crippen molar-refractivity contribution in [2.24, 2.45) is 5.92 Å². The van der Waals surface area contributed by atoms with Crippen LogP contribution in [0.15, 0.2) is 18.2 Å². The van der Waals surface area contributed by atoms with Crippen LogP contribution in [-0.2, 0) is 9.84 Å². The fourth-order valence-electron chi connectivity index (χ4n) is 2.40. The quantitative estimate of drug-likeness (QED) is 0.799. The maximum Gasteiger partial charge on any atom is 0.150 e. The molecule has 0 radical (unpaired) electrons. The Bertz CT molecular complexity index is 539. The number of ether oxygens (including phenoxy) is 1. The van der Waals surface area contributed by atoms with E-state index >= 15 is 0 Å². The van der Waals surface area contributed by atoms with Gasteiger partial charge in [-0.25, -0.2) is 8.42 Å². The summed E-state index contributed by atoms with van der Waals surface area (Å²) in [6.45, 7) is 1.99. The second-order valence-corrected chi connectivity index (χ2v) is 8.01. The van der Waals surface area contributed by atoms with E-state index in [9.17, 15) is 8.42 Å². The van der Waals surface area contributed by atoms with Crippen molar-refractivity contribution in [2.45, 2.75) is 18.2 Å². The van der Waals surface area contributed by atoms with E-state index in [2.05, 4.69) is 22.0 Å². The molecule has 2 unspecified atom stereocenters. The number of alkyl halides is 1. The van der Waals surface area contributed by atoms with Crippen molar-refractivity contribution in [1.82, 2.24) is 0 Å². The molecule has 18 heavy (non-hydrogen) atoms. The van der Waals surface area contributed by atoms with Gasteiger partial charge in [0.2, 0.25) is 0 Å². The Balaban J connectivity index is 2.19. The third kappa shape index (κ3) is 2.88. The van der Waals surface area contributed by atoms with Gasteiger partial charge >= 0.3 is 0 Å². The minimum atomic E-state index is -2.83. The van der Waals surface area contributed by atoms with E-state index in [0.29, 0.717) is 5.75 Å². The van der Waals surface area contributed by atoms with Crippen molar-refractivity contribution < 1.29 is 13.2 Å². The van der Waals surface area contributed by atoms with Crippen LogP contribution in [0.3, 0.4) is 0 Å². The largest absolute Gasteiger partial charge is 0.496 e. The maximum atomic E-state index is 11.5. The van der Waals surface area contributed by atoms with Gasteiger partial charge in [0, 0.05) is 4.83 Å².